The van der Waals surface area contributed by atoms with Gasteiger partial charge in [-0.2, -0.15) is 0 Å². The van der Waals surface area contributed by atoms with Crippen molar-refractivity contribution < 1.29 is 5.11 Å². The Labute approximate surface area is 118 Å². The van der Waals surface area contributed by atoms with Crippen LogP contribution in [0.3, 0.4) is 0 Å². The summed E-state index contributed by atoms with van der Waals surface area (Å²) >= 11 is 0. The van der Waals surface area contributed by atoms with Gasteiger partial charge in [0.05, 0.1) is 6.10 Å². The average molecular weight is 262 g/mol. The number of aliphatic hydroxyl groups excluding tert-OH is 1. The van der Waals surface area contributed by atoms with Crippen LogP contribution in [-0.2, 0) is 0 Å². The lowest BCUT2D eigenvalue weighted by Crippen LogP contribution is -2.47. The quantitative estimate of drug-likeness (QED) is 0.686. The molecular formula is C18H30O. The van der Waals surface area contributed by atoms with Gasteiger partial charge in [-0.25, -0.2) is 0 Å². The van der Waals surface area contributed by atoms with E-state index in [9.17, 15) is 5.11 Å². The summed E-state index contributed by atoms with van der Waals surface area (Å²) in [5.41, 5.74) is 1.25. The van der Waals surface area contributed by atoms with Crippen LogP contribution in [0, 0.1) is 34.5 Å². The van der Waals surface area contributed by atoms with Crippen molar-refractivity contribution in [2.75, 3.05) is 0 Å². The summed E-state index contributed by atoms with van der Waals surface area (Å²) < 4.78 is 0. The van der Waals surface area contributed by atoms with Gasteiger partial charge in [0.25, 0.3) is 0 Å². The molecule has 4 rings (SSSR count). The van der Waals surface area contributed by atoms with Crippen molar-refractivity contribution in [2.45, 2.75) is 77.7 Å². The molecule has 1 heteroatoms. The molecule has 0 bridgehead atoms. The summed E-state index contributed by atoms with van der Waals surface area (Å²) in [5.74, 6) is 3.88. The molecule has 7 atom stereocenters. The molecule has 0 aromatic carbocycles. The minimum atomic E-state index is 0.00566. The maximum atomic E-state index is 10.0. The Morgan fingerprint density at radius 1 is 0.947 bits per heavy atom. The Kier molecular flexibility index (Phi) is 2.67. The first kappa shape index (κ1) is 12.7. The van der Waals surface area contributed by atoms with Crippen LogP contribution in [0.25, 0.3) is 0 Å². The predicted molar refractivity (Wildman–Crippen MR) is 77.7 cm³/mol. The Morgan fingerprint density at radius 3 is 2.63 bits per heavy atom. The van der Waals surface area contributed by atoms with Gasteiger partial charge in [0.2, 0.25) is 0 Å². The largest absolute Gasteiger partial charge is 0.393 e. The molecule has 4 saturated carbocycles. The number of hydrogen-bond donors (Lipinski definition) is 1. The number of fused-ring (bicyclic) bond motifs is 5. The molecule has 5 unspecified atom stereocenters. The van der Waals surface area contributed by atoms with E-state index in [1.807, 2.05) is 0 Å². The van der Waals surface area contributed by atoms with Crippen molar-refractivity contribution in [3.05, 3.63) is 0 Å². The Bertz CT molecular complexity index is 378. The molecule has 0 aliphatic heterocycles. The topological polar surface area (TPSA) is 20.2 Å². The standard InChI is InChI=1S/C18H30O/c1-17-8-3-4-15(17)14-6-5-12-10-13(19)7-9-18(12,2)16(14)11-17/h12-16,19H,3-11H2,1-2H3/t12?,13?,14?,15?,16?,17-,18-/m0/s1. The maximum Gasteiger partial charge on any atom is 0.0543 e. The first-order chi connectivity index (χ1) is 9.03. The highest BCUT2D eigenvalue weighted by Crippen LogP contribution is 2.69. The molecule has 4 aliphatic carbocycles. The van der Waals surface area contributed by atoms with Crippen molar-refractivity contribution in [2.24, 2.45) is 34.5 Å². The van der Waals surface area contributed by atoms with Gasteiger partial charge < -0.3 is 5.11 Å². The molecule has 0 radical (unpaired) electrons. The van der Waals surface area contributed by atoms with Gasteiger partial charge >= 0.3 is 0 Å². The third kappa shape index (κ3) is 1.63. The Hall–Kier alpha value is -0.0400. The number of aliphatic hydroxyl groups is 1. The van der Waals surface area contributed by atoms with E-state index < -0.39 is 0 Å². The molecule has 1 N–H and O–H groups in total. The van der Waals surface area contributed by atoms with Crippen LogP contribution < -0.4 is 0 Å². The molecule has 0 spiro atoms. The first-order valence-electron chi connectivity index (χ1n) is 8.71. The van der Waals surface area contributed by atoms with Crippen LogP contribution >= 0.6 is 0 Å². The van der Waals surface area contributed by atoms with Crippen LogP contribution in [0.2, 0.25) is 0 Å². The minimum absolute atomic E-state index is 0.00566. The van der Waals surface area contributed by atoms with E-state index in [1.165, 1.54) is 44.9 Å². The summed E-state index contributed by atoms with van der Waals surface area (Å²) in [4.78, 5) is 0. The highest BCUT2D eigenvalue weighted by atomic mass is 16.3. The van der Waals surface area contributed by atoms with E-state index in [1.54, 1.807) is 0 Å². The summed E-state index contributed by atoms with van der Waals surface area (Å²) in [6, 6.07) is 0. The van der Waals surface area contributed by atoms with Crippen molar-refractivity contribution in [3.63, 3.8) is 0 Å². The normalized spacial score (nSPS) is 60.5. The monoisotopic (exact) mass is 262 g/mol. The van der Waals surface area contributed by atoms with Gasteiger partial charge in [-0.15, -0.1) is 0 Å². The predicted octanol–water partition coefficient (Wildman–Crippen LogP) is 4.39. The van der Waals surface area contributed by atoms with Crippen molar-refractivity contribution >= 4 is 0 Å². The Morgan fingerprint density at radius 2 is 1.79 bits per heavy atom. The third-order valence-electron chi connectivity index (χ3n) is 8.08. The van der Waals surface area contributed by atoms with E-state index in [-0.39, 0.29) is 6.10 Å². The van der Waals surface area contributed by atoms with E-state index in [4.69, 9.17) is 0 Å². The van der Waals surface area contributed by atoms with E-state index in [0.29, 0.717) is 10.8 Å². The van der Waals surface area contributed by atoms with Gasteiger partial charge in [0.15, 0.2) is 0 Å². The Balaban J connectivity index is 1.65. The van der Waals surface area contributed by atoms with Gasteiger partial charge in [-0.3, -0.25) is 0 Å². The van der Waals surface area contributed by atoms with E-state index >= 15 is 0 Å². The fourth-order valence-electron chi connectivity index (χ4n) is 7.03. The lowest BCUT2D eigenvalue weighted by atomic mass is 9.52. The van der Waals surface area contributed by atoms with Crippen LogP contribution in [0.4, 0.5) is 0 Å². The average Bonchev–Trinajstić information content (AvgIpc) is 2.85. The van der Waals surface area contributed by atoms with Gasteiger partial charge in [-0.05, 0) is 85.9 Å². The molecule has 0 saturated heterocycles. The lowest BCUT2D eigenvalue weighted by Gasteiger charge is -2.53. The zero-order valence-electron chi connectivity index (χ0n) is 12.7. The highest BCUT2D eigenvalue weighted by molar-refractivity contribution is 5.10. The molecule has 19 heavy (non-hydrogen) atoms. The lowest BCUT2D eigenvalue weighted by molar-refractivity contribution is -0.0674. The second-order valence-electron chi connectivity index (χ2n) is 8.84. The molecule has 4 fully saturated rings. The summed E-state index contributed by atoms with van der Waals surface area (Å²) in [6.07, 6.45) is 12.3. The fourth-order valence-corrected chi connectivity index (χ4v) is 7.03. The third-order valence-corrected chi connectivity index (χ3v) is 8.08. The summed E-state index contributed by atoms with van der Waals surface area (Å²) in [6.45, 7) is 5.18. The second-order valence-corrected chi connectivity index (χ2v) is 8.84. The molecule has 0 aromatic heterocycles. The molecular weight excluding hydrogens is 232 g/mol. The van der Waals surface area contributed by atoms with E-state index in [0.717, 1.165) is 36.5 Å². The van der Waals surface area contributed by atoms with Gasteiger partial charge in [0, 0.05) is 0 Å². The van der Waals surface area contributed by atoms with E-state index in [2.05, 4.69) is 13.8 Å². The minimum Gasteiger partial charge on any atom is -0.393 e. The van der Waals surface area contributed by atoms with Gasteiger partial charge in [-0.1, -0.05) is 20.3 Å². The molecule has 0 aromatic rings. The molecule has 0 heterocycles. The smallest absolute Gasteiger partial charge is 0.0543 e. The van der Waals surface area contributed by atoms with Crippen molar-refractivity contribution in [1.82, 2.24) is 0 Å². The SMILES string of the molecule is C[C@@]12CCCC1C1CCC3CC(O)CC[C@]3(C)C1C2. The summed E-state index contributed by atoms with van der Waals surface area (Å²) in [7, 11) is 0. The number of rotatable bonds is 0. The molecule has 1 nitrogen and oxygen atoms in total. The first-order valence-corrected chi connectivity index (χ1v) is 8.71. The molecule has 108 valence electrons. The van der Waals surface area contributed by atoms with Crippen LogP contribution in [0.1, 0.15) is 71.6 Å². The van der Waals surface area contributed by atoms with Crippen molar-refractivity contribution in [3.8, 4) is 0 Å². The summed E-state index contributed by atoms with van der Waals surface area (Å²) in [5, 5.41) is 10.0. The van der Waals surface area contributed by atoms with Crippen LogP contribution in [0.15, 0.2) is 0 Å². The zero-order valence-corrected chi connectivity index (χ0v) is 12.7. The number of hydrogen-bond acceptors (Lipinski definition) is 1. The highest BCUT2D eigenvalue weighted by Gasteiger charge is 2.61. The second kappa shape index (κ2) is 4.00. The fraction of sp³-hybridized carbons (Fsp3) is 1.00. The maximum absolute atomic E-state index is 10.0. The molecule has 4 aliphatic rings. The van der Waals surface area contributed by atoms with Crippen LogP contribution in [0.5, 0.6) is 0 Å². The van der Waals surface area contributed by atoms with Crippen molar-refractivity contribution in [1.29, 1.82) is 0 Å². The zero-order chi connectivity index (χ0) is 13.3. The van der Waals surface area contributed by atoms with Gasteiger partial charge in [0.1, 0.15) is 0 Å². The molecule has 0 amide bonds. The van der Waals surface area contributed by atoms with Crippen LogP contribution in [-0.4, -0.2) is 11.2 Å².